The van der Waals surface area contributed by atoms with Crippen molar-refractivity contribution in [2.75, 3.05) is 18.8 Å². The van der Waals surface area contributed by atoms with Crippen molar-refractivity contribution in [1.82, 2.24) is 4.90 Å². The molecule has 1 aromatic carbocycles. The van der Waals surface area contributed by atoms with E-state index in [0.29, 0.717) is 21.7 Å². The molecule has 0 bridgehead atoms. The van der Waals surface area contributed by atoms with Crippen LogP contribution in [0, 0.1) is 0 Å². The standard InChI is InChI=1S/C18H23NO2S/c1-4-7-12-22-18-15(19(5-2)6-3)16(20)13-10-8-9-11-14(13)17(18)21/h8-11H,4-7,12H2,1-3H3. The summed E-state index contributed by atoms with van der Waals surface area (Å²) in [4.78, 5) is 28.4. The predicted octanol–water partition coefficient (Wildman–Crippen LogP) is 4.15. The zero-order valence-electron chi connectivity index (χ0n) is 13.5. The van der Waals surface area contributed by atoms with Gasteiger partial charge in [-0.1, -0.05) is 37.6 Å². The van der Waals surface area contributed by atoms with Gasteiger partial charge in [0.25, 0.3) is 0 Å². The Morgan fingerprint density at radius 2 is 1.55 bits per heavy atom. The maximum atomic E-state index is 12.9. The van der Waals surface area contributed by atoms with Gasteiger partial charge in [0.2, 0.25) is 11.6 Å². The highest BCUT2D eigenvalue weighted by Crippen LogP contribution is 2.34. The van der Waals surface area contributed by atoms with E-state index in [0.717, 1.165) is 31.7 Å². The number of carbonyl (C=O) groups excluding carboxylic acids is 2. The molecule has 0 aromatic heterocycles. The van der Waals surface area contributed by atoms with Crippen LogP contribution in [0.2, 0.25) is 0 Å². The van der Waals surface area contributed by atoms with E-state index in [1.165, 1.54) is 11.8 Å². The van der Waals surface area contributed by atoms with E-state index < -0.39 is 0 Å². The normalized spacial score (nSPS) is 14.3. The fourth-order valence-corrected chi connectivity index (χ4v) is 3.86. The summed E-state index contributed by atoms with van der Waals surface area (Å²) in [7, 11) is 0. The Bertz CT molecular complexity index is 603. The minimum absolute atomic E-state index is 0.00166. The van der Waals surface area contributed by atoms with Gasteiger partial charge in [0.1, 0.15) is 5.70 Å². The number of carbonyl (C=O) groups is 2. The Hall–Kier alpha value is -1.55. The van der Waals surface area contributed by atoms with Crippen LogP contribution in [-0.2, 0) is 0 Å². The molecule has 4 heteroatoms. The van der Waals surface area contributed by atoms with E-state index in [2.05, 4.69) is 6.92 Å². The lowest BCUT2D eigenvalue weighted by Crippen LogP contribution is -2.33. The minimum atomic E-state index is -0.0158. The summed E-state index contributed by atoms with van der Waals surface area (Å²) in [6.07, 6.45) is 2.13. The fourth-order valence-electron chi connectivity index (χ4n) is 2.62. The molecule has 0 saturated heterocycles. The van der Waals surface area contributed by atoms with Crippen molar-refractivity contribution in [3.63, 3.8) is 0 Å². The van der Waals surface area contributed by atoms with Crippen molar-refractivity contribution in [3.05, 3.63) is 46.0 Å². The first kappa shape index (κ1) is 16.8. The molecule has 0 saturated carbocycles. The summed E-state index contributed by atoms with van der Waals surface area (Å²) >= 11 is 1.53. The number of benzene rings is 1. The first-order valence-corrected chi connectivity index (χ1v) is 8.94. The number of hydrogen-bond acceptors (Lipinski definition) is 4. The maximum absolute atomic E-state index is 12.9. The van der Waals surface area contributed by atoms with Gasteiger partial charge >= 0.3 is 0 Å². The highest BCUT2D eigenvalue weighted by atomic mass is 32.2. The molecule has 22 heavy (non-hydrogen) atoms. The molecule has 0 unspecified atom stereocenters. The summed E-state index contributed by atoms with van der Waals surface area (Å²) in [6.45, 7) is 7.62. The number of allylic oxidation sites excluding steroid dienone is 2. The molecule has 0 N–H and O–H groups in total. The number of nitrogens with zero attached hydrogens (tertiary/aromatic N) is 1. The van der Waals surface area contributed by atoms with Gasteiger partial charge in [-0.3, -0.25) is 9.59 Å². The van der Waals surface area contributed by atoms with Crippen molar-refractivity contribution in [2.24, 2.45) is 0 Å². The van der Waals surface area contributed by atoms with Gasteiger partial charge in [-0.15, -0.1) is 11.8 Å². The first-order valence-electron chi connectivity index (χ1n) is 7.96. The predicted molar refractivity (Wildman–Crippen MR) is 92.4 cm³/mol. The average molecular weight is 317 g/mol. The summed E-state index contributed by atoms with van der Waals surface area (Å²) in [6, 6.07) is 7.15. The van der Waals surface area contributed by atoms with Gasteiger partial charge in [-0.2, -0.15) is 0 Å². The van der Waals surface area contributed by atoms with Gasteiger partial charge < -0.3 is 4.90 Å². The van der Waals surface area contributed by atoms with Crippen LogP contribution in [0.3, 0.4) is 0 Å². The third kappa shape index (κ3) is 3.12. The molecular formula is C18H23NO2S. The molecule has 0 radical (unpaired) electrons. The molecule has 0 spiro atoms. The fraction of sp³-hybridized carbons (Fsp3) is 0.444. The lowest BCUT2D eigenvalue weighted by molar-refractivity contribution is 0.0950. The first-order chi connectivity index (χ1) is 10.7. The second kappa shape index (κ2) is 7.63. The molecule has 1 aliphatic carbocycles. The van der Waals surface area contributed by atoms with Crippen LogP contribution in [0.4, 0.5) is 0 Å². The van der Waals surface area contributed by atoms with Gasteiger partial charge in [-0.05, 0) is 26.0 Å². The SMILES string of the molecule is CCCCSC1=C(N(CC)CC)C(=O)c2ccccc2C1=O. The summed E-state index contributed by atoms with van der Waals surface area (Å²) in [5.74, 6) is 0.855. The van der Waals surface area contributed by atoms with Gasteiger partial charge in [0.15, 0.2) is 0 Å². The highest BCUT2D eigenvalue weighted by Gasteiger charge is 2.34. The third-order valence-electron chi connectivity index (χ3n) is 3.88. The molecule has 3 nitrogen and oxygen atoms in total. The highest BCUT2D eigenvalue weighted by molar-refractivity contribution is 8.04. The van der Waals surface area contributed by atoms with Crippen LogP contribution >= 0.6 is 11.8 Å². The number of hydrogen-bond donors (Lipinski definition) is 0. The molecule has 118 valence electrons. The van der Waals surface area contributed by atoms with Crippen molar-refractivity contribution >= 4 is 23.3 Å². The Kier molecular flexibility index (Phi) is 5.83. The molecule has 2 rings (SSSR count). The number of thioether (sulfide) groups is 1. The van der Waals surface area contributed by atoms with E-state index in [-0.39, 0.29) is 11.6 Å². The van der Waals surface area contributed by atoms with Gasteiger partial charge in [0, 0.05) is 24.2 Å². The number of fused-ring (bicyclic) bond motifs is 1. The largest absolute Gasteiger partial charge is 0.368 e. The summed E-state index contributed by atoms with van der Waals surface area (Å²) < 4.78 is 0. The van der Waals surface area contributed by atoms with E-state index in [9.17, 15) is 9.59 Å². The zero-order chi connectivity index (χ0) is 16.1. The molecular weight excluding hydrogens is 294 g/mol. The number of likely N-dealkylation sites (N-methyl/N-ethyl adjacent to an activating group) is 1. The second-order valence-electron chi connectivity index (χ2n) is 5.26. The number of ketones is 2. The zero-order valence-corrected chi connectivity index (χ0v) is 14.3. The van der Waals surface area contributed by atoms with Crippen LogP contribution in [-0.4, -0.2) is 35.3 Å². The lowest BCUT2D eigenvalue weighted by atomic mass is 9.92. The van der Waals surface area contributed by atoms with Crippen LogP contribution in [0.1, 0.15) is 54.3 Å². The smallest absolute Gasteiger partial charge is 0.211 e. The van der Waals surface area contributed by atoms with Crippen molar-refractivity contribution in [1.29, 1.82) is 0 Å². The minimum Gasteiger partial charge on any atom is -0.368 e. The van der Waals surface area contributed by atoms with Crippen LogP contribution in [0.25, 0.3) is 0 Å². The summed E-state index contributed by atoms with van der Waals surface area (Å²) in [5, 5.41) is 0. The monoisotopic (exact) mass is 317 g/mol. The van der Waals surface area contributed by atoms with E-state index in [4.69, 9.17) is 0 Å². The summed E-state index contributed by atoms with van der Waals surface area (Å²) in [5.41, 5.74) is 1.67. The van der Waals surface area contributed by atoms with E-state index in [1.807, 2.05) is 30.9 Å². The topological polar surface area (TPSA) is 37.4 Å². The van der Waals surface area contributed by atoms with E-state index in [1.54, 1.807) is 12.1 Å². The lowest BCUT2D eigenvalue weighted by Gasteiger charge is -2.29. The number of unbranched alkanes of at least 4 members (excludes halogenated alkanes) is 1. The van der Waals surface area contributed by atoms with Crippen LogP contribution < -0.4 is 0 Å². The Morgan fingerprint density at radius 3 is 2.09 bits per heavy atom. The number of Topliss-reactive ketones (excluding diaryl/α,β-unsaturated/α-hetero) is 2. The Morgan fingerprint density at radius 1 is 0.955 bits per heavy atom. The maximum Gasteiger partial charge on any atom is 0.211 e. The quantitative estimate of drug-likeness (QED) is 0.708. The van der Waals surface area contributed by atoms with Crippen LogP contribution in [0.15, 0.2) is 34.9 Å². The van der Waals surface area contributed by atoms with Gasteiger partial charge in [-0.25, -0.2) is 0 Å². The van der Waals surface area contributed by atoms with Crippen molar-refractivity contribution in [3.8, 4) is 0 Å². The Balaban J connectivity index is 2.50. The molecule has 1 aromatic rings. The van der Waals surface area contributed by atoms with Gasteiger partial charge in [0.05, 0.1) is 4.91 Å². The molecule has 0 heterocycles. The van der Waals surface area contributed by atoms with Crippen molar-refractivity contribution in [2.45, 2.75) is 33.6 Å². The van der Waals surface area contributed by atoms with Crippen molar-refractivity contribution < 1.29 is 9.59 Å². The Labute approximate surface area is 136 Å². The molecule has 0 atom stereocenters. The number of rotatable bonds is 7. The molecule has 1 aliphatic rings. The van der Waals surface area contributed by atoms with E-state index >= 15 is 0 Å². The van der Waals surface area contributed by atoms with Crippen LogP contribution in [0.5, 0.6) is 0 Å². The molecule has 0 fully saturated rings. The average Bonchev–Trinajstić information content (AvgIpc) is 2.55. The second-order valence-corrected chi connectivity index (χ2v) is 6.36. The molecule has 0 aliphatic heterocycles. The third-order valence-corrected chi connectivity index (χ3v) is 5.04. The molecule has 0 amide bonds.